The Bertz CT molecular complexity index is 804. The molecule has 2 aromatic rings. The molecule has 2 heterocycles. The van der Waals surface area contributed by atoms with Crippen LogP contribution in [0.15, 0.2) is 30.5 Å². The Kier molecular flexibility index (Phi) is 4.60. The molecule has 2 aliphatic carbocycles. The molecule has 0 bridgehead atoms. The average Bonchev–Trinajstić information content (AvgIpc) is 2.74. The van der Waals surface area contributed by atoms with Crippen molar-refractivity contribution in [3.63, 3.8) is 0 Å². The third-order valence-corrected chi connectivity index (χ3v) is 6.98. The van der Waals surface area contributed by atoms with E-state index in [1.54, 1.807) is 0 Å². The van der Waals surface area contributed by atoms with Gasteiger partial charge in [-0.2, -0.15) is 0 Å². The van der Waals surface area contributed by atoms with Gasteiger partial charge in [0, 0.05) is 23.7 Å². The molecular formula is C23H30N4. The van der Waals surface area contributed by atoms with E-state index in [-0.39, 0.29) is 5.41 Å². The van der Waals surface area contributed by atoms with E-state index >= 15 is 0 Å². The largest absolute Gasteiger partial charge is 0.354 e. The van der Waals surface area contributed by atoms with Gasteiger partial charge >= 0.3 is 0 Å². The molecule has 27 heavy (non-hydrogen) atoms. The zero-order chi connectivity index (χ0) is 18.1. The zero-order valence-electron chi connectivity index (χ0n) is 16.1. The summed E-state index contributed by atoms with van der Waals surface area (Å²) in [6, 6.07) is 8.94. The summed E-state index contributed by atoms with van der Waals surface area (Å²) in [6.45, 7) is 3.22. The van der Waals surface area contributed by atoms with Crippen molar-refractivity contribution in [2.24, 2.45) is 5.92 Å². The summed E-state index contributed by atoms with van der Waals surface area (Å²) in [4.78, 5) is 9.67. The molecule has 3 aliphatic rings. The standard InChI is InChI=1S/C23H30N4/c1-2-6-17(7-3-1)15-25-22-26-16-18-14-23(10-12-24-13-11-23)20-9-5-4-8-19(20)21(18)27-22/h4-5,8-9,16-17,24H,1-3,6-7,10-15H2,(H,25,26,27). The SMILES string of the molecule is c1ccc2c(c1)-c1nc(NCC3CCCCC3)ncc1CC21CCNCC1. The van der Waals surface area contributed by atoms with Gasteiger partial charge in [0.1, 0.15) is 0 Å². The number of benzene rings is 1. The molecular weight excluding hydrogens is 332 g/mol. The molecule has 1 spiro atoms. The van der Waals surface area contributed by atoms with Crippen molar-refractivity contribution in [3.8, 4) is 11.3 Å². The van der Waals surface area contributed by atoms with Crippen molar-refractivity contribution in [2.75, 3.05) is 25.0 Å². The number of hydrogen-bond donors (Lipinski definition) is 2. The lowest BCUT2D eigenvalue weighted by Gasteiger charge is -2.42. The molecule has 5 rings (SSSR count). The Hall–Kier alpha value is -1.94. The van der Waals surface area contributed by atoms with Gasteiger partial charge in [0.05, 0.1) is 5.69 Å². The summed E-state index contributed by atoms with van der Waals surface area (Å²) in [5.41, 5.74) is 5.55. The van der Waals surface area contributed by atoms with Crippen LogP contribution in [-0.2, 0) is 11.8 Å². The molecule has 1 aromatic heterocycles. The minimum atomic E-state index is 0.259. The highest BCUT2D eigenvalue weighted by atomic mass is 15.1. The molecule has 0 unspecified atom stereocenters. The van der Waals surface area contributed by atoms with Crippen LogP contribution >= 0.6 is 0 Å². The third kappa shape index (κ3) is 3.25. The maximum Gasteiger partial charge on any atom is 0.223 e. The normalized spacial score (nSPS) is 21.5. The van der Waals surface area contributed by atoms with Crippen LogP contribution in [0, 0.1) is 5.92 Å². The van der Waals surface area contributed by atoms with E-state index in [0.717, 1.165) is 43.6 Å². The average molecular weight is 363 g/mol. The maximum absolute atomic E-state index is 4.98. The fraction of sp³-hybridized carbons (Fsp3) is 0.565. The van der Waals surface area contributed by atoms with Gasteiger partial charge in [-0.15, -0.1) is 0 Å². The number of hydrogen-bond acceptors (Lipinski definition) is 4. The molecule has 0 radical (unpaired) electrons. The Morgan fingerprint density at radius 2 is 1.89 bits per heavy atom. The number of anilines is 1. The molecule has 1 saturated carbocycles. The number of rotatable bonds is 3. The Morgan fingerprint density at radius 3 is 2.74 bits per heavy atom. The van der Waals surface area contributed by atoms with Crippen molar-refractivity contribution >= 4 is 5.95 Å². The molecule has 1 aromatic carbocycles. The van der Waals surface area contributed by atoms with Gasteiger partial charge in [0.25, 0.3) is 0 Å². The van der Waals surface area contributed by atoms with Crippen LogP contribution in [0.4, 0.5) is 5.95 Å². The van der Waals surface area contributed by atoms with E-state index in [4.69, 9.17) is 4.98 Å². The summed E-state index contributed by atoms with van der Waals surface area (Å²) in [5.74, 6) is 1.58. The van der Waals surface area contributed by atoms with Gasteiger partial charge in [-0.3, -0.25) is 0 Å². The first-order valence-corrected chi connectivity index (χ1v) is 10.7. The predicted octanol–water partition coefficient (Wildman–Crippen LogP) is 4.31. The van der Waals surface area contributed by atoms with Gasteiger partial charge in [0.15, 0.2) is 0 Å². The van der Waals surface area contributed by atoms with E-state index in [2.05, 4.69) is 46.1 Å². The van der Waals surface area contributed by atoms with E-state index in [1.807, 2.05) is 0 Å². The Morgan fingerprint density at radius 1 is 1.07 bits per heavy atom. The minimum Gasteiger partial charge on any atom is -0.354 e. The summed E-state index contributed by atoms with van der Waals surface area (Å²) < 4.78 is 0. The van der Waals surface area contributed by atoms with Crippen LogP contribution in [0.1, 0.15) is 56.1 Å². The molecule has 2 N–H and O–H groups in total. The zero-order valence-corrected chi connectivity index (χ0v) is 16.1. The predicted molar refractivity (Wildman–Crippen MR) is 110 cm³/mol. The Labute approximate surface area is 162 Å². The molecule has 1 saturated heterocycles. The summed E-state index contributed by atoms with van der Waals surface area (Å²) in [7, 11) is 0. The molecule has 2 fully saturated rings. The molecule has 1 aliphatic heterocycles. The molecule has 0 amide bonds. The van der Waals surface area contributed by atoms with Crippen LogP contribution in [0.2, 0.25) is 0 Å². The number of aromatic nitrogens is 2. The van der Waals surface area contributed by atoms with Crippen LogP contribution in [0.5, 0.6) is 0 Å². The van der Waals surface area contributed by atoms with Crippen LogP contribution in [0.3, 0.4) is 0 Å². The maximum atomic E-state index is 4.98. The first-order chi connectivity index (χ1) is 13.3. The summed E-state index contributed by atoms with van der Waals surface area (Å²) in [5, 5.41) is 7.06. The smallest absolute Gasteiger partial charge is 0.223 e. The fourth-order valence-corrected chi connectivity index (χ4v) is 5.44. The lowest BCUT2D eigenvalue weighted by molar-refractivity contribution is 0.302. The highest BCUT2D eigenvalue weighted by molar-refractivity contribution is 5.72. The van der Waals surface area contributed by atoms with E-state index in [9.17, 15) is 0 Å². The number of fused-ring (bicyclic) bond motifs is 4. The molecule has 0 atom stereocenters. The molecule has 4 heteroatoms. The highest BCUT2D eigenvalue weighted by Gasteiger charge is 2.40. The fourth-order valence-electron chi connectivity index (χ4n) is 5.44. The van der Waals surface area contributed by atoms with Crippen LogP contribution in [-0.4, -0.2) is 29.6 Å². The summed E-state index contributed by atoms with van der Waals surface area (Å²) in [6.07, 6.45) is 12.4. The van der Waals surface area contributed by atoms with E-state index < -0.39 is 0 Å². The van der Waals surface area contributed by atoms with Crippen molar-refractivity contribution in [2.45, 2.75) is 56.8 Å². The van der Waals surface area contributed by atoms with Crippen LogP contribution < -0.4 is 10.6 Å². The minimum absolute atomic E-state index is 0.259. The van der Waals surface area contributed by atoms with E-state index in [0.29, 0.717) is 0 Å². The van der Waals surface area contributed by atoms with Crippen molar-refractivity contribution in [1.82, 2.24) is 15.3 Å². The quantitative estimate of drug-likeness (QED) is 0.854. The third-order valence-electron chi connectivity index (χ3n) is 6.98. The second kappa shape index (κ2) is 7.23. The highest BCUT2D eigenvalue weighted by Crippen LogP contribution is 2.46. The van der Waals surface area contributed by atoms with Crippen molar-refractivity contribution < 1.29 is 0 Å². The number of piperidine rings is 1. The van der Waals surface area contributed by atoms with Gasteiger partial charge in [0.2, 0.25) is 5.95 Å². The first-order valence-electron chi connectivity index (χ1n) is 10.7. The monoisotopic (exact) mass is 362 g/mol. The van der Waals surface area contributed by atoms with Crippen molar-refractivity contribution in [3.05, 3.63) is 41.6 Å². The second-order valence-electron chi connectivity index (χ2n) is 8.71. The lowest BCUT2D eigenvalue weighted by atomic mass is 9.64. The van der Waals surface area contributed by atoms with Crippen LogP contribution in [0.25, 0.3) is 11.3 Å². The first kappa shape index (κ1) is 17.2. The summed E-state index contributed by atoms with van der Waals surface area (Å²) >= 11 is 0. The Balaban J connectivity index is 1.43. The molecule has 4 nitrogen and oxygen atoms in total. The second-order valence-corrected chi connectivity index (χ2v) is 8.71. The van der Waals surface area contributed by atoms with Gasteiger partial charge < -0.3 is 10.6 Å². The lowest BCUT2D eigenvalue weighted by Crippen LogP contribution is -2.43. The topological polar surface area (TPSA) is 49.8 Å². The van der Waals surface area contributed by atoms with Gasteiger partial charge in [-0.25, -0.2) is 9.97 Å². The van der Waals surface area contributed by atoms with Crippen molar-refractivity contribution in [1.29, 1.82) is 0 Å². The van der Waals surface area contributed by atoms with Gasteiger partial charge in [-0.1, -0.05) is 43.5 Å². The number of nitrogens with zero attached hydrogens (tertiary/aromatic N) is 2. The number of nitrogens with one attached hydrogen (secondary N) is 2. The molecule has 142 valence electrons. The van der Waals surface area contributed by atoms with Gasteiger partial charge in [-0.05, 0) is 62.2 Å². The van der Waals surface area contributed by atoms with E-state index in [1.165, 1.54) is 61.6 Å².